The predicted molar refractivity (Wildman–Crippen MR) is 117 cm³/mol. The van der Waals surface area contributed by atoms with Crippen molar-refractivity contribution >= 4 is 38.7 Å². The molecule has 154 valence electrons. The Morgan fingerprint density at radius 1 is 1.14 bits per heavy atom. The van der Waals surface area contributed by atoms with Crippen LogP contribution in [0.4, 0.5) is 0 Å². The molecule has 1 aromatic heterocycles. The number of amides is 1. The average molecular weight is 433 g/mol. The molecule has 1 atom stereocenters. The van der Waals surface area contributed by atoms with Crippen LogP contribution in [-0.4, -0.2) is 37.1 Å². The van der Waals surface area contributed by atoms with E-state index in [-0.39, 0.29) is 29.2 Å². The van der Waals surface area contributed by atoms with E-state index in [2.05, 4.69) is 20.0 Å². The molecule has 7 nitrogen and oxygen atoms in total. The highest BCUT2D eigenvalue weighted by Gasteiger charge is 2.15. The number of hydrogen-bond acceptors (Lipinski definition) is 5. The summed E-state index contributed by atoms with van der Waals surface area (Å²) in [7, 11) is -1.99. The summed E-state index contributed by atoms with van der Waals surface area (Å²) in [5, 5.41) is 2.91. The van der Waals surface area contributed by atoms with Gasteiger partial charge in [-0.05, 0) is 37.2 Å². The van der Waals surface area contributed by atoms with Crippen LogP contribution in [0.1, 0.15) is 29.1 Å². The summed E-state index contributed by atoms with van der Waals surface area (Å²) in [6.45, 7) is 2.29. The number of nitrogens with one attached hydrogen (secondary N) is 3. The maximum absolute atomic E-state index is 12.3. The van der Waals surface area contributed by atoms with Gasteiger partial charge >= 0.3 is 0 Å². The summed E-state index contributed by atoms with van der Waals surface area (Å²) >= 11 is 1.49. The first kappa shape index (κ1) is 21.4. The van der Waals surface area contributed by atoms with Gasteiger partial charge in [-0.15, -0.1) is 11.8 Å². The Morgan fingerprint density at radius 2 is 1.83 bits per heavy atom. The molecular formula is C20H24N4O3S2. The number of nitrogens with zero attached hydrogens (tertiary/aromatic N) is 1. The summed E-state index contributed by atoms with van der Waals surface area (Å²) in [5.41, 5.74) is 3.35. The Hall–Kier alpha value is -2.36. The van der Waals surface area contributed by atoms with Crippen molar-refractivity contribution in [1.82, 2.24) is 20.0 Å². The fourth-order valence-corrected chi connectivity index (χ4v) is 4.45. The zero-order valence-electron chi connectivity index (χ0n) is 16.3. The van der Waals surface area contributed by atoms with E-state index < -0.39 is 10.0 Å². The lowest BCUT2D eigenvalue weighted by atomic mass is 10.1. The molecule has 0 spiro atoms. The largest absolute Gasteiger partial charge is 0.351 e. The Bertz CT molecular complexity index is 1060. The minimum absolute atomic E-state index is 0.0428. The standard InChI is InChI=1S/C20H24N4O3S2/c1-14(20-23-17-9-5-6-10-18(17)24-20)28-12-19(25)22-11-15-7-3-4-8-16(15)13-29(26,27)21-2/h3-10,14,21H,11-13H2,1-2H3,(H,22,25)(H,23,24)/t14-/m0/s1. The topological polar surface area (TPSA) is 104 Å². The molecular weight excluding hydrogens is 408 g/mol. The van der Waals surface area contributed by atoms with Crippen LogP contribution in [0.2, 0.25) is 0 Å². The summed E-state index contributed by atoms with van der Waals surface area (Å²) in [6.07, 6.45) is 0. The maximum Gasteiger partial charge on any atom is 0.230 e. The molecule has 0 saturated carbocycles. The molecule has 0 saturated heterocycles. The van der Waals surface area contributed by atoms with E-state index in [1.807, 2.05) is 43.3 Å². The molecule has 1 heterocycles. The van der Waals surface area contributed by atoms with Crippen LogP contribution in [-0.2, 0) is 27.1 Å². The second-order valence-corrected chi connectivity index (χ2v) is 9.86. The number of H-pyrrole nitrogens is 1. The van der Waals surface area contributed by atoms with E-state index in [0.29, 0.717) is 5.56 Å². The monoisotopic (exact) mass is 432 g/mol. The molecule has 0 aliphatic carbocycles. The molecule has 0 radical (unpaired) electrons. The number of carbonyl (C=O) groups is 1. The van der Waals surface area contributed by atoms with Gasteiger partial charge in [-0.3, -0.25) is 4.79 Å². The Labute approximate surface area is 174 Å². The molecule has 3 rings (SSSR count). The summed E-state index contributed by atoms with van der Waals surface area (Å²) in [4.78, 5) is 20.1. The number of hydrogen-bond donors (Lipinski definition) is 3. The lowest BCUT2D eigenvalue weighted by Crippen LogP contribution is -2.26. The fourth-order valence-electron chi connectivity index (χ4n) is 2.84. The van der Waals surface area contributed by atoms with E-state index >= 15 is 0 Å². The van der Waals surface area contributed by atoms with Crippen LogP contribution in [0.25, 0.3) is 11.0 Å². The second-order valence-electron chi connectivity index (χ2n) is 6.60. The van der Waals surface area contributed by atoms with Gasteiger partial charge in [0, 0.05) is 6.54 Å². The van der Waals surface area contributed by atoms with Crippen LogP contribution in [0, 0.1) is 0 Å². The molecule has 29 heavy (non-hydrogen) atoms. The van der Waals surface area contributed by atoms with Crippen LogP contribution in [0.3, 0.4) is 0 Å². The highest BCUT2D eigenvalue weighted by Crippen LogP contribution is 2.27. The van der Waals surface area contributed by atoms with Crippen LogP contribution >= 0.6 is 11.8 Å². The number of para-hydroxylation sites is 2. The lowest BCUT2D eigenvalue weighted by Gasteiger charge is -2.12. The number of thioether (sulfide) groups is 1. The van der Waals surface area contributed by atoms with Crippen molar-refractivity contribution in [1.29, 1.82) is 0 Å². The van der Waals surface area contributed by atoms with Crippen molar-refractivity contribution in [2.45, 2.75) is 24.5 Å². The molecule has 1 amide bonds. The molecule has 0 aliphatic rings. The van der Waals surface area contributed by atoms with Gasteiger partial charge in [-0.1, -0.05) is 36.4 Å². The number of fused-ring (bicyclic) bond motifs is 1. The number of aromatic amines is 1. The van der Waals surface area contributed by atoms with E-state index in [1.54, 1.807) is 12.1 Å². The van der Waals surface area contributed by atoms with Gasteiger partial charge in [0.15, 0.2) is 0 Å². The van der Waals surface area contributed by atoms with Crippen molar-refractivity contribution in [2.75, 3.05) is 12.8 Å². The van der Waals surface area contributed by atoms with E-state index in [4.69, 9.17) is 0 Å². The van der Waals surface area contributed by atoms with Crippen LogP contribution in [0.5, 0.6) is 0 Å². The minimum Gasteiger partial charge on any atom is -0.351 e. The predicted octanol–water partition coefficient (Wildman–Crippen LogP) is 2.72. The smallest absolute Gasteiger partial charge is 0.230 e. The Morgan fingerprint density at radius 3 is 2.55 bits per heavy atom. The van der Waals surface area contributed by atoms with E-state index in [0.717, 1.165) is 22.4 Å². The van der Waals surface area contributed by atoms with Gasteiger partial charge in [0.1, 0.15) is 5.82 Å². The number of rotatable bonds is 9. The number of benzene rings is 2. The Kier molecular flexibility index (Phi) is 6.94. The van der Waals surface area contributed by atoms with Gasteiger partial charge in [-0.25, -0.2) is 18.1 Å². The zero-order valence-corrected chi connectivity index (χ0v) is 17.9. The fraction of sp³-hybridized carbons (Fsp3) is 0.300. The molecule has 3 aromatic rings. The molecule has 2 aromatic carbocycles. The van der Waals surface area contributed by atoms with E-state index in [1.165, 1.54) is 18.8 Å². The minimum atomic E-state index is -3.37. The molecule has 0 fully saturated rings. The lowest BCUT2D eigenvalue weighted by molar-refractivity contribution is -0.118. The second kappa shape index (κ2) is 9.43. The normalized spacial score (nSPS) is 12.8. The number of sulfonamides is 1. The summed E-state index contributed by atoms with van der Waals surface area (Å²) < 4.78 is 26.0. The van der Waals surface area contributed by atoms with Crippen molar-refractivity contribution in [2.24, 2.45) is 0 Å². The molecule has 0 bridgehead atoms. The first-order chi connectivity index (χ1) is 13.9. The van der Waals surface area contributed by atoms with Crippen molar-refractivity contribution in [3.8, 4) is 0 Å². The van der Waals surface area contributed by atoms with Crippen LogP contribution < -0.4 is 10.0 Å². The SMILES string of the molecule is CNS(=O)(=O)Cc1ccccc1CNC(=O)CS[C@@H](C)c1nc2ccccc2[nH]1. The van der Waals surface area contributed by atoms with Gasteiger partial charge in [-0.2, -0.15) is 0 Å². The number of aromatic nitrogens is 2. The number of imidazole rings is 1. The first-order valence-electron chi connectivity index (χ1n) is 9.19. The summed E-state index contributed by atoms with van der Waals surface area (Å²) in [5.74, 6) is 0.901. The van der Waals surface area contributed by atoms with Gasteiger partial charge < -0.3 is 10.3 Å². The third-order valence-corrected chi connectivity index (χ3v) is 6.97. The van der Waals surface area contributed by atoms with Gasteiger partial charge in [0.05, 0.1) is 27.8 Å². The molecule has 9 heteroatoms. The quantitative estimate of drug-likeness (QED) is 0.482. The van der Waals surface area contributed by atoms with Gasteiger partial charge in [0.25, 0.3) is 0 Å². The average Bonchev–Trinajstić information content (AvgIpc) is 3.15. The highest BCUT2D eigenvalue weighted by molar-refractivity contribution is 8.00. The third kappa shape index (κ3) is 5.81. The third-order valence-electron chi connectivity index (χ3n) is 4.51. The van der Waals surface area contributed by atoms with Crippen molar-refractivity contribution in [3.63, 3.8) is 0 Å². The zero-order chi connectivity index (χ0) is 20.9. The Balaban J connectivity index is 1.54. The van der Waals surface area contributed by atoms with Crippen molar-refractivity contribution in [3.05, 3.63) is 65.5 Å². The maximum atomic E-state index is 12.3. The van der Waals surface area contributed by atoms with Crippen molar-refractivity contribution < 1.29 is 13.2 Å². The molecule has 0 aliphatic heterocycles. The molecule has 0 unspecified atom stereocenters. The first-order valence-corrected chi connectivity index (χ1v) is 11.9. The summed E-state index contributed by atoms with van der Waals surface area (Å²) in [6, 6.07) is 15.0. The van der Waals surface area contributed by atoms with Crippen LogP contribution in [0.15, 0.2) is 48.5 Å². The van der Waals surface area contributed by atoms with E-state index in [9.17, 15) is 13.2 Å². The highest BCUT2D eigenvalue weighted by atomic mass is 32.2. The van der Waals surface area contributed by atoms with Gasteiger partial charge in [0.2, 0.25) is 15.9 Å². The molecule has 3 N–H and O–H groups in total. The number of carbonyl (C=O) groups excluding carboxylic acids is 1.